The molecule has 0 saturated carbocycles. The van der Waals surface area contributed by atoms with Crippen LogP contribution in [0.3, 0.4) is 0 Å². The molecule has 5 nitrogen and oxygen atoms in total. The van der Waals surface area contributed by atoms with Crippen LogP contribution in [-0.4, -0.2) is 18.4 Å². The summed E-state index contributed by atoms with van der Waals surface area (Å²) < 4.78 is 13.8. The molecule has 3 aromatic rings. The van der Waals surface area contributed by atoms with E-state index in [9.17, 15) is 14.0 Å². The van der Waals surface area contributed by atoms with E-state index in [0.29, 0.717) is 11.3 Å². The highest BCUT2D eigenvalue weighted by molar-refractivity contribution is 5.95. The van der Waals surface area contributed by atoms with Gasteiger partial charge in [-0.3, -0.25) is 14.9 Å². The molecule has 0 radical (unpaired) electrons. The van der Waals surface area contributed by atoms with Crippen molar-refractivity contribution in [1.29, 1.82) is 0 Å². The number of hydrogen-bond acceptors (Lipinski definition) is 3. The van der Waals surface area contributed by atoms with Crippen molar-refractivity contribution >= 4 is 17.5 Å². The van der Waals surface area contributed by atoms with E-state index in [0.717, 1.165) is 17.5 Å². The zero-order valence-electron chi connectivity index (χ0n) is 16.7. The first kappa shape index (κ1) is 21.2. The Morgan fingerprint density at radius 2 is 1.67 bits per heavy atom. The van der Waals surface area contributed by atoms with E-state index in [4.69, 9.17) is 5.73 Å². The number of rotatable bonds is 8. The van der Waals surface area contributed by atoms with Gasteiger partial charge in [0, 0.05) is 11.3 Å². The van der Waals surface area contributed by atoms with Crippen molar-refractivity contribution < 1.29 is 14.0 Å². The van der Waals surface area contributed by atoms with Crippen LogP contribution in [0.2, 0.25) is 0 Å². The summed E-state index contributed by atoms with van der Waals surface area (Å²) in [5, 5.41) is 5.98. The van der Waals surface area contributed by atoms with Crippen molar-refractivity contribution in [2.24, 2.45) is 5.73 Å². The summed E-state index contributed by atoms with van der Waals surface area (Å²) >= 11 is 0. The van der Waals surface area contributed by atoms with Crippen LogP contribution in [0.1, 0.15) is 40.0 Å². The predicted molar refractivity (Wildman–Crippen MR) is 116 cm³/mol. The van der Waals surface area contributed by atoms with Gasteiger partial charge in [0.2, 0.25) is 11.8 Å². The van der Waals surface area contributed by atoms with Crippen molar-refractivity contribution in [3.8, 4) is 0 Å². The van der Waals surface area contributed by atoms with Gasteiger partial charge in [-0.15, -0.1) is 0 Å². The smallest absolute Gasteiger partial charge is 0.248 e. The van der Waals surface area contributed by atoms with Crippen molar-refractivity contribution in [1.82, 2.24) is 5.32 Å². The molecular weight excluding hydrogens is 381 g/mol. The summed E-state index contributed by atoms with van der Waals surface area (Å²) in [5.74, 6) is -1.11. The minimum absolute atomic E-state index is 0.0221. The lowest BCUT2D eigenvalue weighted by molar-refractivity contribution is -0.115. The maximum atomic E-state index is 13.8. The molecule has 4 N–H and O–H groups in total. The molecule has 0 spiro atoms. The molecule has 3 rings (SSSR count). The SMILES string of the molecule is CCc1ccc([C@H](NCC(=O)Nc2ccc(C(N)=O)cc2)c2cccc(F)c2)cc1. The van der Waals surface area contributed by atoms with Crippen LogP contribution in [0.15, 0.2) is 72.8 Å². The van der Waals surface area contributed by atoms with E-state index >= 15 is 0 Å². The molecule has 0 unspecified atom stereocenters. The van der Waals surface area contributed by atoms with Gasteiger partial charge in [-0.2, -0.15) is 0 Å². The predicted octanol–water partition coefficient (Wildman–Crippen LogP) is 3.80. The number of anilines is 1. The lowest BCUT2D eigenvalue weighted by atomic mass is 9.97. The van der Waals surface area contributed by atoms with Crippen LogP contribution in [-0.2, 0) is 11.2 Å². The Morgan fingerprint density at radius 3 is 2.27 bits per heavy atom. The van der Waals surface area contributed by atoms with Gasteiger partial charge in [0.05, 0.1) is 12.6 Å². The van der Waals surface area contributed by atoms with Gasteiger partial charge < -0.3 is 11.1 Å². The average Bonchev–Trinajstić information content (AvgIpc) is 2.75. The maximum Gasteiger partial charge on any atom is 0.248 e. The largest absolute Gasteiger partial charge is 0.366 e. The summed E-state index contributed by atoms with van der Waals surface area (Å²) in [7, 11) is 0. The summed E-state index contributed by atoms with van der Waals surface area (Å²) in [5.41, 5.74) is 9.03. The number of nitrogens with two attached hydrogens (primary N) is 1. The zero-order chi connectivity index (χ0) is 21.5. The van der Waals surface area contributed by atoms with E-state index in [1.54, 1.807) is 30.3 Å². The van der Waals surface area contributed by atoms with Gasteiger partial charge in [-0.1, -0.05) is 43.3 Å². The van der Waals surface area contributed by atoms with Gasteiger partial charge in [-0.25, -0.2) is 4.39 Å². The number of halogens is 1. The van der Waals surface area contributed by atoms with E-state index in [2.05, 4.69) is 17.6 Å². The van der Waals surface area contributed by atoms with Crippen LogP contribution in [0, 0.1) is 5.82 Å². The van der Waals surface area contributed by atoms with E-state index in [1.807, 2.05) is 30.3 Å². The summed E-state index contributed by atoms with van der Waals surface area (Å²) in [6, 6.07) is 20.4. The Bertz CT molecular complexity index is 1020. The fourth-order valence-corrected chi connectivity index (χ4v) is 3.18. The molecule has 30 heavy (non-hydrogen) atoms. The third kappa shape index (κ3) is 5.52. The molecule has 0 saturated heterocycles. The first-order chi connectivity index (χ1) is 14.5. The number of carbonyl (C=O) groups is 2. The van der Waals surface area contributed by atoms with E-state index in [-0.39, 0.29) is 24.3 Å². The molecule has 3 aromatic carbocycles. The lowest BCUT2D eigenvalue weighted by Crippen LogP contribution is -2.32. The zero-order valence-corrected chi connectivity index (χ0v) is 16.7. The third-order valence-corrected chi connectivity index (χ3v) is 4.82. The van der Waals surface area contributed by atoms with Crippen LogP contribution in [0.25, 0.3) is 0 Å². The molecule has 0 fully saturated rings. The number of aryl methyl sites for hydroxylation is 1. The normalized spacial score (nSPS) is 11.7. The summed E-state index contributed by atoms with van der Waals surface area (Å²) in [4.78, 5) is 23.6. The van der Waals surface area contributed by atoms with Gasteiger partial charge >= 0.3 is 0 Å². The molecule has 0 heterocycles. The molecule has 1 atom stereocenters. The molecule has 0 aromatic heterocycles. The van der Waals surface area contributed by atoms with Crippen LogP contribution >= 0.6 is 0 Å². The minimum atomic E-state index is -0.526. The third-order valence-electron chi connectivity index (χ3n) is 4.82. The standard InChI is InChI=1S/C24H24FN3O2/c1-2-16-6-8-17(9-7-16)23(19-4-3-5-20(25)14-19)27-15-22(29)28-21-12-10-18(11-13-21)24(26)30/h3-14,23,27H,2,15H2,1H3,(H2,26,30)(H,28,29)/t23-/m0/s1. The second kappa shape index (κ2) is 9.80. The van der Waals surface area contributed by atoms with Crippen LogP contribution in [0.5, 0.6) is 0 Å². The van der Waals surface area contributed by atoms with Crippen molar-refractivity contribution in [2.45, 2.75) is 19.4 Å². The molecule has 154 valence electrons. The Balaban J connectivity index is 1.72. The van der Waals surface area contributed by atoms with E-state index < -0.39 is 5.91 Å². The van der Waals surface area contributed by atoms with Gasteiger partial charge in [-0.05, 0) is 59.5 Å². The molecule has 0 aliphatic rings. The fraction of sp³-hybridized carbons (Fsp3) is 0.167. The number of amides is 2. The van der Waals surface area contributed by atoms with Crippen LogP contribution in [0.4, 0.5) is 10.1 Å². The highest BCUT2D eigenvalue weighted by Gasteiger charge is 2.16. The first-order valence-electron chi connectivity index (χ1n) is 9.73. The topological polar surface area (TPSA) is 84.2 Å². The van der Waals surface area contributed by atoms with Crippen molar-refractivity contribution in [3.05, 3.63) is 101 Å². The highest BCUT2D eigenvalue weighted by Crippen LogP contribution is 2.23. The summed E-state index contributed by atoms with van der Waals surface area (Å²) in [6.45, 7) is 2.10. The maximum absolute atomic E-state index is 13.8. The van der Waals surface area contributed by atoms with Gasteiger partial charge in [0.25, 0.3) is 0 Å². The fourth-order valence-electron chi connectivity index (χ4n) is 3.18. The van der Waals surface area contributed by atoms with Crippen molar-refractivity contribution in [3.63, 3.8) is 0 Å². The number of primary amides is 1. The van der Waals surface area contributed by atoms with Crippen LogP contribution < -0.4 is 16.4 Å². The molecule has 2 amide bonds. The monoisotopic (exact) mass is 405 g/mol. The van der Waals surface area contributed by atoms with Crippen molar-refractivity contribution in [2.75, 3.05) is 11.9 Å². The lowest BCUT2D eigenvalue weighted by Gasteiger charge is -2.20. The van der Waals surface area contributed by atoms with Gasteiger partial charge in [0.1, 0.15) is 5.82 Å². The number of nitrogens with one attached hydrogen (secondary N) is 2. The molecule has 0 aliphatic heterocycles. The quantitative estimate of drug-likeness (QED) is 0.533. The molecular formula is C24H24FN3O2. The highest BCUT2D eigenvalue weighted by atomic mass is 19.1. The van der Waals surface area contributed by atoms with E-state index in [1.165, 1.54) is 17.7 Å². The Hall–Kier alpha value is -3.51. The number of carbonyl (C=O) groups excluding carboxylic acids is 2. The second-order valence-corrected chi connectivity index (χ2v) is 6.95. The minimum Gasteiger partial charge on any atom is -0.366 e. The Morgan fingerprint density at radius 1 is 0.967 bits per heavy atom. The second-order valence-electron chi connectivity index (χ2n) is 6.95. The van der Waals surface area contributed by atoms with Gasteiger partial charge in [0.15, 0.2) is 0 Å². The first-order valence-corrected chi connectivity index (χ1v) is 9.73. The molecule has 0 aliphatic carbocycles. The molecule has 6 heteroatoms. The number of hydrogen-bond donors (Lipinski definition) is 3. The Kier molecular flexibility index (Phi) is 6.93. The number of benzene rings is 3. The Labute approximate surface area is 175 Å². The summed E-state index contributed by atoms with van der Waals surface area (Å²) in [6.07, 6.45) is 0.926. The molecule has 0 bridgehead atoms. The average molecular weight is 405 g/mol.